The van der Waals surface area contributed by atoms with E-state index in [2.05, 4.69) is 16.9 Å². The van der Waals surface area contributed by atoms with E-state index in [0.29, 0.717) is 12.0 Å². The van der Waals surface area contributed by atoms with E-state index in [-0.39, 0.29) is 5.97 Å². The van der Waals surface area contributed by atoms with Crippen LogP contribution in [0.15, 0.2) is 30.3 Å². The number of ether oxygens (including phenoxy) is 1. The van der Waals surface area contributed by atoms with Crippen molar-refractivity contribution in [1.82, 2.24) is 0 Å². The SMILES string of the molecule is COC(=O)CC([SiH3])c1ccccc1. The second-order valence-electron chi connectivity index (χ2n) is 3.09. The minimum atomic E-state index is -0.121. The van der Waals surface area contributed by atoms with E-state index in [9.17, 15) is 4.79 Å². The van der Waals surface area contributed by atoms with Gasteiger partial charge in [-0.05, 0) is 11.1 Å². The number of carbonyl (C=O) groups is 1. The molecule has 0 fully saturated rings. The van der Waals surface area contributed by atoms with Crippen molar-refractivity contribution < 1.29 is 9.53 Å². The van der Waals surface area contributed by atoms with E-state index in [1.54, 1.807) is 0 Å². The Hall–Kier alpha value is -1.09. The van der Waals surface area contributed by atoms with Crippen LogP contribution in [0.3, 0.4) is 0 Å². The maximum Gasteiger partial charge on any atom is 0.305 e. The van der Waals surface area contributed by atoms with E-state index in [0.717, 1.165) is 10.2 Å². The van der Waals surface area contributed by atoms with Gasteiger partial charge in [0.15, 0.2) is 0 Å². The van der Waals surface area contributed by atoms with Crippen molar-refractivity contribution in [3.05, 3.63) is 35.9 Å². The van der Waals surface area contributed by atoms with Gasteiger partial charge in [-0.2, -0.15) is 0 Å². The van der Waals surface area contributed by atoms with Gasteiger partial charge in [0.25, 0.3) is 0 Å². The van der Waals surface area contributed by atoms with Gasteiger partial charge in [-0.1, -0.05) is 30.3 Å². The third-order valence-corrected chi connectivity index (χ3v) is 3.14. The number of hydrogen-bond donors (Lipinski definition) is 0. The molecule has 13 heavy (non-hydrogen) atoms. The van der Waals surface area contributed by atoms with Gasteiger partial charge in [-0.3, -0.25) is 4.79 Å². The lowest BCUT2D eigenvalue weighted by Crippen LogP contribution is -2.08. The quantitative estimate of drug-likeness (QED) is 0.522. The molecule has 0 bridgehead atoms. The summed E-state index contributed by atoms with van der Waals surface area (Å²) < 4.78 is 4.63. The molecule has 0 aliphatic heterocycles. The van der Waals surface area contributed by atoms with E-state index in [1.807, 2.05) is 18.2 Å². The molecule has 0 saturated carbocycles. The molecule has 3 heteroatoms. The summed E-state index contributed by atoms with van der Waals surface area (Å²) in [5.41, 5.74) is 1.60. The fourth-order valence-corrected chi connectivity index (χ4v) is 1.95. The van der Waals surface area contributed by atoms with E-state index >= 15 is 0 Å². The highest BCUT2D eigenvalue weighted by Gasteiger charge is 2.10. The lowest BCUT2D eigenvalue weighted by atomic mass is 10.1. The highest BCUT2D eigenvalue weighted by atomic mass is 28.1. The molecule has 0 aromatic heterocycles. The highest BCUT2D eigenvalue weighted by Crippen LogP contribution is 2.15. The maximum atomic E-state index is 11.0. The van der Waals surface area contributed by atoms with Crippen molar-refractivity contribution in [3.63, 3.8) is 0 Å². The minimum Gasteiger partial charge on any atom is -0.469 e. The van der Waals surface area contributed by atoms with Crippen molar-refractivity contribution in [2.75, 3.05) is 7.11 Å². The van der Waals surface area contributed by atoms with Crippen LogP contribution in [0.5, 0.6) is 0 Å². The molecule has 0 N–H and O–H groups in total. The fraction of sp³-hybridized carbons (Fsp3) is 0.300. The molecule has 1 atom stereocenters. The van der Waals surface area contributed by atoms with Crippen LogP contribution < -0.4 is 0 Å². The highest BCUT2D eigenvalue weighted by molar-refractivity contribution is 6.13. The zero-order chi connectivity index (χ0) is 9.68. The van der Waals surface area contributed by atoms with Crippen molar-refractivity contribution in [1.29, 1.82) is 0 Å². The molecular weight excluding hydrogens is 180 g/mol. The molecule has 0 radical (unpaired) electrons. The van der Waals surface area contributed by atoms with Gasteiger partial charge in [0, 0.05) is 16.7 Å². The molecule has 0 aliphatic carbocycles. The number of carbonyl (C=O) groups excluding carboxylic acids is 1. The summed E-state index contributed by atoms with van der Waals surface area (Å²) in [6.07, 6.45) is 0.507. The molecule has 1 aromatic carbocycles. The number of methoxy groups -OCH3 is 1. The van der Waals surface area contributed by atoms with E-state index < -0.39 is 0 Å². The van der Waals surface area contributed by atoms with E-state index in [4.69, 9.17) is 0 Å². The first-order chi connectivity index (χ1) is 6.24. The van der Waals surface area contributed by atoms with Gasteiger partial charge in [-0.15, -0.1) is 0 Å². The second kappa shape index (κ2) is 4.82. The molecule has 0 saturated heterocycles. The summed E-state index contributed by atoms with van der Waals surface area (Å²) in [7, 11) is 2.41. The molecule has 0 aliphatic rings. The summed E-state index contributed by atoms with van der Waals surface area (Å²) in [6, 6.07) is 10.1. The molecule has 0 heterocycles. The Balaban J connectivity index is 2.59. The standard InChI is InChI=1S/C10H14O2Si/c1-12-10(11)7-9(13)8-5-3-2-4-6-8/h2-6,9H,7H2,1,13H3. The minimum absolute atomic E-state index is 0.121. The normalized spacial score (nSPS) is 12.4. The van der Waals surface area contributed by atoms with Crippen molar-refractivity contribution in [2.45, 2.75) is 12.0 Å². The molecule has 1 unspecified atom stereocenters. The zero-order valence-electron chi connectivity index (χ0n) is 7.99. The van der Waals surface area contributed by atoms with Crippen LogP contribution in [0.25, 0.3) is 0 Å². The van der Waals surface area contributed by atoms with Gasteiger partial charge >= 0.3 is 5.97 Å². The van der Waals surface area contributed by atoms with Crippen molar-refractivity contribution in [2.24, 2.45) is 0 Å². The summed E-state index contributed by atoms with van der Waals surface area (Å²) >= 11 is 0. The number of rotatable bonds is 3. The topological polar surface area (TPSA) is 26.3 Å². The summed E-state index contributed by atoms with van der Waals surface area (Å²) in [5, 5.41) is 0. The Labute approximate surface area is 81.3 Å². The lowest BCUT2D eigenvalue weighted by molar-refractivity contribution is -0.140. The Morgan fingerprint density at radius 3 is 2.62 bits per heavy atom. The smallest absolute Gasteiger partial charge is 0.305 e. The first kappa shape index (κ1) is 9.99. The molecule has 70 valence electrons. The Morgan fingerprint density at radius 2 is 2.08 bits per heavy atom. The Kier molecular flexibility index (Phi) is 3.70. The van der Waals surface area contributed by atoms with Gasteiger partial charge in [0.05, 0.1) is 7.11 Å². The summed E-state index contributed by atoms with van der Waals surface area (Å²) in [6.45, 7) is 0. The van der Waals surface area contributed by atoms with Crippen molar-refractivity contribution >= 4 is 16.2 Å². The number of esters is 1. The first-order valence-electron chi connectivity index (χ1n) is 4.36. The van der Waals surface area contributed by atoms with E-state index in [1.165, 1.54) is 12.7 Å². The number of benzene rings is 1. The first-order valence-corrected chi connectivity index (χ1v) is 5.51. The average Bonchev–Trinajstić information content (AvgIpc) is 2.19. The molecular formula is C10H14O2Si. The van der Waals surface area contributed by atoms with Crippen LogP contribution in [0, 0.1) is 0 Å². The molecule has 1 aromatic rings. The predicted molar refractivity (Wildman–Crippen MR) is 55.8 cm³/mol. The Bertz CT molecular complexity index is 272. The van der Waals surface area contributed by atoms with Crippen molar-refractivity contribution in [3.8, 4) is 0 Å². The largest absolute Gasteiger partial charge is 0.469 e. The van der Waals surface area contributed by atoms with Gasteiger partial charge in [0.2, 0.25) is 0 Å². The van der Waals surface area contributed by atoms with Crippen LogP contribution in [0.1, 0.15) is 17.5 Å². The van der Waals surface area contributed by atoms with Gasteiger partial charge in [-0.25, -0.2) is 0 Å². The molecule has 2 nitrogen and oxygen atoms in total. The second-order valence-corrected chi connectivity index (χ2v) is 4.49. The summed E-state index contributed by atoms with van der Waals surface area (Å²) in [4.78, 5) is 11.0. The van der Waals surface area contributed by atoms with Gasteiger partial charge < -0.3 is 4.74 Å². The average molecular weight is 194 g/mol. The molecule has 0 amide bonds. The predicted octanol–water partition coefficient (Wildman–Crippen LogP) is 0.656. The van der Waals surface area contributed by atoms with Crippen LogP contribution >= 0.6 is 0 Å². The number of hydrogen-bond acceptors (Lipinski definition) is 2. The third kappa shape index (κ3) is 3.03. The van der Waals surface area contributed by atoms with Crippen LogP contribution in [-0.2, 0) is 9.53 Å². The zero-order valence-corrected chi connectivity index (χ0v) is 9.99. The monoisotopic (exact) mass is 194 g/mol. The van der Waals surface area contributed by atoms with Crippen LogP contribution in [-0.4, -0.2) is 23.3 Å². The van der Waals surface area contributed by atoms with Crippen LogP contribution in [0.2, 0.25) is 0 Å². The fourth-order valence-electron chi connectivity index (χ4n) is 1.23. The third-order valence-electron chi connectivity index (χ3n) is 2.07. The maximum absolute atomic E-state index is 11.0. The Morgan fingerprint density at radius 1 is 1.46 bits per heavy atom. The molecule has 1 rings (SSSR count). The lowest BCUT2D eigenvalue weighted by Gasteiger charge is -2.09. The summed E-state index contributed by atoms with van der Waals surface area (Å²) in [5.74, 6) is -0.121. The van der Waals surface area contributed by atoms with Crippen LogP contribution in [0.4, 0.5) is 0 Å². The molecule has 0 spiro atoms. The van der Waals surface area contributed by atoms with Gasteiger partial charge in [0.1, 0.15) is 0 Å².